The highest BCUT2D eigenvalue weighted by atomic mass is 31.1. The lowest BCUT2D eigenvalue weighted by Crippen LogP contribution is -2.58. The van der Waals surface area contributed by atoms with Crippen molar-refractivity contribution >= 4 is 37.9 Å². The van der Waals surface area contributed by atoms with E-state index in [1.807, 2.05) is 44.2 Å². The number of hydrogen-bond donors (Lipinski definition) is 4. The molecule has 0 spiro atoms. The van der Waals surface area contributed by atoms with Crippen LogP contribution < -0.4 is 16.0 Å². The van der Waals surface area contributed by atoms with Gasteiger partial charge in [-0.05, 0) is 37.7 Å². The predicted octanol–water partition coefficient (Wildman–Crippen LogP) is 1.84. The maximum atomic E-state index is 13.1. The highest BCUT2D eigenvalue weighted by Gasteiger charge is 2.34. The standard InChI is InChI=1S/C25H38N3O10P/c1-15(2)13-20(27-22(30)19(26-17(4)29)12-11-18-9-7-6-8-10-18)23(31)28-21(24(32)33)16(3)38-25(34)36-14-37-39(5)35/h6-10,15-16,19-21,39H,11-14H2,1-5H3,(H,26,29)(H,27,30)(H,28,31)(H,32,33)/t16-,19+,20+,21+/m1/s1. The minimum absolute atomic E-state index is 0.0671. The summed E-state index contributed by atoms with van der Waals surface area (Å²) in [4.78, 5) is 61.6. The van der Waals surface area contributed by atoms with E-state index in [1.54, 1.807) is 0 Å². The summed E-state index contributed by atoms with van der Waals surface area (Å²) in [6.07, 6.45) is -1.72. The van der Waals surface area contributed by atoms with Gasteiger partial charge in [-0.2, -0.15) is 0 Å². The van der Waals surface area contributed by atoms with Gasteiger partial charge in [0.2, 0.25) is 24.5 Å². The van der Waals surface area contributed by atoms with Crippen LogP contribution in [0.2, 0.25) is 0 Å². The molecular weight excluding hydrogens is 533 g/mol. The Labute approximate surface area is 228 Å². The lowest BCUT2D eigenvalue weighted by atomic mass is 10.0. The molecule has 14 heteroatoms. The van der Waals surface area contributed by atoms with E-state index in [0.717, 1.165) is 5.56 Å². The number of hydrogen-bond acceptors (Lipinski definition) is 9. The molecule has 13 nitrogen and oxygen atoms in total. The summed E-state index contributed by atoms with van der Waals surface area (Å²) < 4.78 is 25.0. The van der Waals surface area contributed by atoms with Gasteiger partial charge < -0.3 is 30.5 Å². The summed E-state index contributed by atoms with van der Waals surface area (Å²) in [6, 6.07) is 5.62. The third kappa shape index (κ3) is 13.8. The average Bonchev–Trinajstić information content (AvgIpc) is 2.83. The van der Waals surface area contributed by atoms with Gasteiger partial charge in [0.25, 0.3) is 0 Å². The van der Waals surface area contributed by atoms with E-state index in [4.69, 9.17) is 4.74 Å². The number of amides is 3. The quantitative estimate of drug-likeness (QED) is 0.130. The largest absolute Gasteiger partial charge is 0.510 e. The lowest BCUT2D eigenvalue weighted by molar-refractivity contribution is -0.146. The average molecular weight is 572 g/mol. The normalized spacial score (nSPS) is 14.7. The number of ether oxygens (including phenoxy) is 2. The van der Waals surface area contributed by atoms with Gasteiger partial charge in [-0.1, -0.05) is 44.2 Å². The number of carboxylic acid groups (broad SMARTS) is 1. The topological polar surface area (TPSA) is 186 Å². The fourth-order valence-electron chi connectivity index (χ4n) is 3.49. The molecule has 0 bridgehead atoms. The highest BCUT2D eigenvalue weighted by Crippen LogP contribution is 2.15. The second kappa shape index (κ2) is 17.2. The second-order valence-corrected chi connectivity index (χ2v) is 10.5. The van der Waals surface area contributed by atoms with Crippen molar-refractivity contribution < 1.29 is 47.6 Å². The maximum absolute atomic E-state index is 13.1. The zero-order valence-corrected chi connectivity index (χ0v) is 23.7. The van der Waals surface area contributed by atoms with Gasteiger partial charge in [0.1, 0.15) is 18.2 Å². The number of aryl methyl sites for hydroxylation is 1. The van der Waals surface area contributed by atoms with E-state index in [0.29, 0.717) is 6.42 Å². The fraction of sp³-hybridized carbons (Fsp3) is 0.560. The Kier molecular flexibility index (Phi) is 14.8. The second-order valence-electron chi connectivity index (χ2n) is 9.26. The molecule has 39 heavy (non-hydrogen) atoms. The zero-order chi connectivity index (χ0) is 29.5. The Balaban J connectivity index is 2.92. The summed E-state index contributed by atoms with van der Waals surface area (Å²) in [6.45, 7) is 6.78. The Morgan fingerprint density at radius 3 is 2.10 bits per heavy atom. The number of carboxylic acids is 1. The molecule has 3 amide bonds. The molecule has 0 saturated heterocycles. The number of carbonyl (C=O) groups excluding carboxylic acids is 4. The molecule has 5 atom stereocenters. The molecule has 1 rings (SSSR count). The van der Waals surface area contributed by atoms with Crippen LogP contribution in [-0.2, 0) is 44.2 Å². The molecule has 218 valence electrons. The summed E-state index contributed by atoms with van der Waals surface area (Å²) >= 11 is 0. The van der Waals surface area contributed by atoms with Gasteiger partial charge in [-0.15, -0.1) is 0 Å². The van der Waals surface area contributed by atoms with Crippen molar-refractivity contribution in [3.8, 4) is 0 Å². The van der Waals surface area contributed by atoms with Gasteiger partial charge >= 0.3 is 12.1 Å². The van der Waals surface area contributed by atoms with E-state index in [2.05, 4.69) is 25.2 Å². The van der Waals surface area contributed by atoms with Gasteiger partial charge in [-0.25, -0.2) is 9.59 Å². The van der Waals surface area contributed by atoms with Gasteiger partial charge in [0.05, 0.1) is 0 Å². The number of aliphatic carboxylic acids is 1. The van der Waals surface area contributed by atoms with Gasteiger partial charge in [0, 0.05) is 13.6 Å². The van der Waals surface area contributed by atoms with Crippen LogP contribution in [0.3, 0.4) is 0 Å². The number of nitrogens with one attached hydrogen (secondary N) is 3. The first-order valence-electron chi connectivity index (χ1n) is 12.4. The molecule has 0 aliphatic carbocycles. The molecule has 1 aromatic rings. The van der Waals surface area contributed by atoms with Crippen molar-refractivity contribution in [1.82, 2.24) is 16.0 Å². The van der Waals surface area contributed by atoms with Crippen LogP contribution in [0.4, 0.5) is 4.79 Å². The molecule has 0 radical (unpaired) electrons. The summed E-state index contributed by atoms with van der Waals surface area (Å²) in [5.41, 5.74) is 0.963. The van der Waals surface area contributed by atoms with Crippen LogP contribution in [0.25, 0.3) is 0 Å². The molecule has 0 aliphatic heterocycles. The van der Waals surface area contributed by atoms with Crippen molar-refractivity contribution in [2.24, 2.45) is 5.92 Å². The van der Waals surface area contributed by atoms with E-state index in [9.17, 15) is 33.6 Å². The molecule has 1 aromatic carbocycles. The van der Waals surface area contributed by atoms with E-state index in [-0.39, 0.29) is 18.8 Å². The molecule has 4 N–H and O–H groups in total. The van der Waals surface area contributed by atoms with Crippen LogP contribution in [-0.4, -0.2) is 72.6 Å². The lowest BCUT2D eigenvalue weighted by Gasteiger charge is -2.27. The van der Waals surface area contributed by atoms with Crippen molar-refractivity contribution in [2.45, 2.75) is 71.2 Å². The monoisotopic (exact) mass is 571 g/mol. The van der Waals surface area contributed by atoms with Crippen LogP contribution in [0.5, 0.6) is 0 Å². The summed E-state index contributed by atoms with van der Waals surface area (Å²) in [7, 11) is -2.35. The highest BCUT2D eigenvalue weighted by molar-refractivity contribution is 7.38. The third-order valence-electron chi connectivity index (χ3n) is 5.35. The fourth-order valence-corrected chi connectivity index (χ4v) is 3.72. The van der Waals surface area contributed by atoms with Gasteiger partial charge in [0.15, 0.2) is 14.1 Å². The Bertz CT molecular complexity index is 1010. The molecule has 1 unspecified atom stereocenters. The van der Waals surface area contributed by atoms with Crippen molar-refractivity contribution in [3.63, 3.8) is 0 Å². The van der Waals surface area contributed by atoms with Crippen LogP contribution in [0.1, 0.15) is 46.1 Å². The van der Waals surface area contributed by atoms with E-state index >= 15 is 0 Å². The molecule has 0 aromatic heterocycles. The Hall–Kier alpha value is -3.44. The first-order chi connectivity index (χ1) is 18.3. The third-order valence-corrected chi connectivity index (χ3v) is 5.88. The van der Waals surface area contributed by atoms with Gasteiger partial charge in [-0.3, -0.25) is 23.5 Å². The Morgan fingerprint density at radius 1 is 0.949 bits per heavy atom. The van der Waals surface area contributed by atoms with E-state index in [1.165, 1.54) is 20.5 Å². The number of rotatable bonds is 16. The van der Waals surface area contributed by atoms with Crippen LogP contribution in [0.15, 0.2) is 30.3 Å². The van der Waals surface area contributed by atoms with Crippen molar-refractivity contribution in [3.05, 3.63) is 35.9 Å². The van der Waals surface area contributed by atoms with Crippen LogP contribution >= 0.6 is 8.03 Å². The molecular formula is C25H38N3O10P. The van der Waals surface area contributed by atoms with Crippen molar-refractivity contribution in [1.29, 1.82) is 0 Å². The first-order valence-corrected chi connectivity index (χ1v) is 14.2. The summed E-state index contributed by atoms with van der Waals surface area (Å²) in [5.74, 6) is -3.40. The minimum atomic E-state index is -2.35. The minimum Gasteiger partial charge on any atom is -0.480 e. The SMILES string of the molecule is CC(=O)N[C@@H](CCc1ccccc1)C(=O)N[C@@H](CC(C)C)C(=O)N[C@H](C(=O)O)[C@@H](C)OC(=O)OCO[PH](C)=O. The molecule has 0 saturated carbocycles. The molecule has 0 heterocycles. The maximum Gasteiger partial charge on any atom is 0.510 e. The molecule has 0 aliphatic rings. The number of carbonyl (C=O) groups is 5. The van der Waals surface area contributed by atoms with E-state index < -0.39 is 68.9 Å². The van der Waals surface area contributed by atoms with Crippen LogP contribution in [0, 0.1) is 5.92 Å². The van der Waals surface area contributed by atoms with Crippen molar-refractivity contribution in [2.75, 3.05) is 13.5 Å². The predicted molar refractivity (Wildman–Crippen MR) is 141 cm³/mol. The summed E-state index contributed by atoms with van der Waals surface area (Å²) in [5, 5.41) is 17.1. The smallest absolute Gasteiger partial charge is 0.480 e. The Morgan fingerprint density at radius 2 is 1.56 bits per heavy atom. The first kappa shape index (κ1) is 33.6. The number of benzene rings is 1. The zero-order valence-electron chi connectivity index (χ0n) is 22.7. The molecule has 0 fully saturated rings.